The van der Waals surface area contributed by atoms with Gasteiger partial charge in [-0.05, 0) is 73.9 Å². The molecule has 8 heteroatoms. The predicted octanol–water partition coefficient (Wildman–Crippen LogP) is 6.70. The first-order valence-electron chi connectivity index (χ1n) is 12.6. The number of aromatic nitrogens is 1. The quantitative estimate of drug-likeness (QED) is 0.279. The van der Waals surface area contributed by atoms with Crippen molar-refractivity contribution < 1.29 is 4.79 Å². The molecule has 1 aliphatic rings. The Balaban J connectivity index is 0.00000200. The van der Waals surface area contributed by atoms with Gasteiger partial charge in [-0.2, -0.15) is 0 Å². The molecule has 2 N–H and O–H groups in total. The summed E-state index contributed by atoms with van der Waals surface area (Å²) in [5.74, 6) is 0. The van der Waals surface area contributed by atoms with E-state index in [0.29, 0.717) is 0 Å². The summed E-state index contributed by atoms with van der Waals surface area (Å²) in [4.78, 5) is 22.2. The van der Waals surface area contributed by atoms with Gasteiger partial charge in [-0.25, -0.2) is 4.79 Å². The molecule has 6 nitrogen and oxygen atoms in total. The predicted molar refractivity (Wildman–Crippen MR) is 164 cm³/mol. The van der Waals surface area contributed by atoms with Gasteiger partial charge in [0.25, 0.3) is 0 Å². The van der Waals surface area contributed by atoms with Crippen LogP contribution in [-0.4, -0.2) is 48.6 Å². The average Bonchev–Trinajstić information content (AvgIpc) is 2.89. The van der Waals surface area contributed by atoms with Crippen LogP contribution < -0.4 is 15.5 Å². The molecule has 1 saturated heterocycles. The Morgan fingerprint density at radius 2 is 1.61 bits per heavy atom. The Hall–Kier alpha value is -3.32. The minimum absolute atomic E-state index is 0. The van der Waals surface area contributed by atoms with E-state index in [1.807, 2.05) is 50.2 Å². The van der Waals surface area contributed by atoms with Crippen LogP contribution in [0, 0.1) is 13.8 Å². The third kappa shape index (κ3) is 7.16. The summed E-state index contributed by atoms with van der Waals surface area (Å²) in [6.07, 6.45) is 0.951. The molecular weight excluding hydrogens is 517 g/mol. The number of nitrogens with one attached hydrogen (secondary N) is 2. The normalized spacial score (nSPS) is 13.4. The Labute approximate surface area is 237 Å². The number of urea groups is 1. The molecule has 1 aliphatic heterocycles. The number of hydrogen-bond donors (Lipinski definition) is 2. The number of halogens is 2. The van der Waals surface area contributed by atoms with Gasteiger partial charge in [0.2, 0.25) is 0 Å². The van der Waals surface area contributed by atoms with Crippen LogP contribution in [0.25, 0.3) is 10.9 Å². The van der Waals surface area contributed by atoms with E-state index in [1.165, 1.54) is 16.6 Å². The number of benzene rings is 3. The molecule has 0 unspecified atom stereocenters. The summed E-state index contributed by atoms with van der Waals surface area (Å²) in [6, 6.07) is 26.4. The van der Waals surface area contributed by atoms with Crippen molar-refractivity contribution in [3.63, 3.8) is 0 Å². The summed E-state index contributed by atoms with van der Waals surface area (Å²) in [7, 11) is 0. The van der Waals surface area contributed by atoms with Crippen LogP contribution >= 0.6 is 24.8 Å². The van der Waals surface area contributed by atoms with E-state index < -0.39 is 0 Å². The van der Waals surface area contributed by atoms with Crippen LogP contribution in [0.3, 0.4) is 0 Å². The van der Waals surface area contributed by atoms with Crippen LogP contribution in [0.15, 0.2) is 78.9 Å². The molecule has 3 aromatic carbocycles. The van der Waals surface area contributed by atoms with Crippen molar-refractivity contribution in [2.24, 2.45) is 0 Å². The lowest BCUT2D eigenvalue weighted by Crippen LogP contribution is -2.47. The number of carbonyl (C=O) groups is 1. The maximum Gasteiger partial charge on any atom is 0.323 e. The molecule has 0 aliphatic carbocycles. The highest BCUT2D eigenvalue weighted by atomic mass is 35.5. The molecule has 2 amide bonds. The van der Waals surface area contributed by atoms with E-state index in [0.717, 1.165) is 67.3 Å². The van der Waals surface area contributed by atoms with Crippen molar-refractivity contribution in [1.82, 2.24) is 9.88 Å². The molecule has 0 atom stereocenters. The van der Waals surface area contributed by atoms with Crippen molar-refractivity contribution in [3.8, 4) is 0 Å². The number of fused-ring (bicyclic) bond motifs is 1. The van der Waals surface area contributed by atoms with Crippen molar-refractivity contribution >= 4 is 58.8 Å². The van der Waals surface area contributed by atoms with Gasteiger partial charge < -0.3 is 15.5 Å². The summed E-state index contributed by atoms with van der Waals surface area (Å²) in [5.41, 5.74) is 7.28. The molecule has 0 radical (unpaired) electrons. The van der Waals surface area contributed by atoms with Crippen LogP contribution in [0.5, 0.6) is 0 Å². The number of anilines is 3. The first kappa shape index (κ1) is 29.2. The molecule has 2 heterocycles. The number of pyridine rings is 1. The molecule has 1 aromatic heterocycles. The monoisotopic (exact) mass is 551 g/mol. The molecular formula is C30H35Cl2N5O. The SMILES string of the molecule is Cc1ccc2c(N3CCN(CCc4cccc(NC(=O)Nc5ccccc5C)c4)CC3)cccc2n1.Cl.Cl. The summed E-state index contributed by atoms with van der Waals surface area (Å²) in [5, 5.41) is 7.12. The van der Waals surface area contributed by atoms with Gasteiger partial charge in [0.1, 0.15) is 0 Å². The molecule has 0 saturated carbocycles. The number of piperazine rings is 1. The number of rotatable bonds is 6. The third-order valence-electron chi connectivity index (χ3n) is 6.86. The third-order valence-corrected chi connectivity index (χ3v) is 6.86. The topological polar surface area (TPSA) is 60.5 Å². The molecule has 4 aromatic rings. The molecule has 5 rings (SSSR count). The smallest absolute Gasteiger partial charge is 0.323 e. The number of nitrogens with zero attached hydrogens (tertiary/aromatic N) is 3. The standard InChI is InChI=1S/C30H33N5O.2ClH/c1-22-7-3-4-10-27(22)33-30(36)32-25-9-5-8-24(21-25)15-16-34-17-19-35(20-18-34)29-12-6-11-28-26(29)14-13-23(2)31-28;;/h3-14,21H,15-20H2,1-2H3,(H2,32,33,36);2*1H. The van der Waals surface area contributed by atoms with Crippen LogP contribution in [0.4, 0.5) is 21.9 Å². The number of aryl methyl sites for hydroxylation is 2. The Kier molecular flexibility index (Phi) is 10.4. The zero-order valence-electron chi connectivity index (χ0n) is 21.8. The lowest BCUT2D eigenvalue weighted by molar-refractivity contribution is 0.261. The molecule has 200 valence electrons. The fraction of sp³-hybridized carbons (Fsp3) is 0.267. The van der Waals surface area contributed by atoms with E-state index in [2.05, 4.69) is 62.9 Å². The first-order valence-corrected chi connectivity index (χ1v) is 12.6. The summed E-state index contributed by atoms with van der Waals surface area (Å²) in [6.45, 7) is 9.11. The fourth-order valence-electron chi connectivity index (χ4n) is 4.82. The van der Waals surface area contributed by atoms with E-state index in [4.69, 9.17) is 4.98 Å². The highest BCUT2D eigenvalue weighted by Gasteiger charge is 2.19. The lowest BCUT2D eigenvalue weighted by atomic mass is 10.1. The van der Waals surface area contributed by atoms with E-state index >= 15 is 0 Å². The minimum Gasteiger partial charge on any atom is -0.368 e. The van der Waals surface area contributed by atoms with Gasteiger partial charge in [0.15, 0.2) is 0 Å². The zero-order chi connectivity index (χ0) is 24.9. The van der Waals surface area contributed by atoms with Gasteiger partial charge in [-0.3, -0.25) is 9.88 Å². The lowest BCUT2D eigenvalue weighted by Gasteiger charge is -2.36. The number of hydrogen-bond acceptors (Lipinski definition) is 4. The second-order valence-corrected chi connectivity index (χ2v) is 9.47. The Morgan fingerprint density at radius 1 is 0.842 bits per heavy atom. The van der Waals surface area contributed by atoms with Gasteiger partial charge in [0.05, 0.1) is 5.52 Å². The van der Waals surface area contributed by atoms with Crippen molar-refractivity contribution in [1.29, 1.82) is 0 Å². The molecule has 38 heavy (non-hydrogen) atoms. The molecule has 1 fully saturated rings. The minimum atomic E-state index is -0.226. The van der Waals surface area contributed by atoms with Crippen molar-refractivity contribution in [2.45, 2.75) is 20.3 Å². The number of carbonyl (C=O) groups excluding carboxylic acids is 1. The largest absolute Gasteiger partial charge is 0.368 e. The Morgan fingerprint density at radius 3 is 2.39 bits per heavy atom. The fourth-order valence-corrected chi connectivity index (χ4v) is 4.82. The van der Waals surface area contributed by atoms with Gasteiger partial charge in [-0.1, -0.05) is 36.4 Å². The maximum absolute atomic E-state index is 12.5. The van der Waals surface area contributed by atoms with E-state index in [9.17, 15) is 4.79 Å². The highest BCUT2D eigenvalue weighted by molar-refractivity contribution is 6.00. The zero-order valence-corrected chi connectivity index (χ0v) is 23.4. The molecule has 0 bridgehead atoms. The van der Waals surface area contributed by atoms with Crippen LogP contribution in [0.1, 0.15) is 16.8 Å². The van der Waals surface area contributed by atoms with Crippen LogP contribution in [-0.2, 0) is 6.42 Å². The Bertz CT molecular complexity index is 1370. The van der Waals surface area contributed by atoms with Gasteiger partial charge >= 0.3 is 6.03 Å². The summed E-state index contributed by atoms with van der Waals surface area (Å²) >= 11 is 0. The maximum atomic E-state index is 12.5. The second-order valence-electron chi connectivity index (χ2n) is 9.47. The van der Waals surface area contributed by atoms with Gasteiger partial charge in [0, 0.05) is 60.9 Å². The van der Waals surface area contributed by atoms with E-state index in [1.54, 1.807) is 0 Å². The average molecular weight is 553 g/mol. The van der Waals surface area contributed by atoms with Gasteiger partial charge in [-0.15, -0.1) is 24.8 Å². The highest BCUT2D eigenvalue weighted by Crippen LogP contribution is 2.27. The van der Waals surface area contributed by atoms with Crippen molar-refractivity contribution in [2.75, 3.05) is 48.3 Å². The molecule has 0 spiro atoms. The first-order chi connectivity index (χ1) is 17.5. The van der Waals surface area contributed by atoms with Crippen molar-refractivity contribution in [3.05, 3.63) is 95.7 Å². The van der Waals surface area contributed by atoms with Crippen LogP contribution in [0.2, 0.25) is 0 Å². The van der Waals surface area contributed by atoms with E-state index in [-0.39, 0.29) is 30.8 Å². The summed E-state index contributed by atoms with van der Waals surface area (Å²) < 4.78 is 0. The number of amides is 2. The second kappa shape index (κ2) is 13.5. The number of para-hydroxylation sites is 1.